The molecule has 0 bridgehead atoms. The van der Waals surface area contributed by atoms with Crippen molar-refractivity contribution in [1.82, 2.24) is 0 Å². The first-order valence-corrected chi connectivity index (χ1v) is 11.5. The van der Waals surface area contributed by atoms with Gasteiger partial charge in [0, 0.05) is 25.0 Å². The summed E-state index contributed by atoms with van der Waals surface area (Å²) in [6.07, 6.45) is 9.43. The predicted octanol–water partition coefficient (Wildman–Crippen LogP) is 7.38. The molecular weight excluding hydrogens is 390 g/mol. The molecule has 3 rings (SSSR count). The first-order valence-electron chi connectivity index (χ1n) is 11.5. The first kappa shape index (κ1) is 24.8. The van der Waals surface area contributed by atoms with Crippen LogP contribution in [0.5, 0.6) is 0 Å². The maximum absolute atomic E-state index is 9.40. The number of hydrogen-bond acceptors (Lipinski definition) is 3. The molecular formula is C29H35N3. The Morgan fingerprint density at radius 1 is 0.969 bits per heavy atom. The van der Waals surface area contributed by atoms with Crippen LogP contribution in [0, 0.1) is 36.0 Å². The zero-order chi connectivity index (χ0) is 23.3. The van der Waals surface area contributed by atoms with Gasteiger partial charge in [-0.2, -0.15) is 5.26 Å². The van der Waals surface area contributed by atoms with E-state index < -0.39 is 5.92 Å². The average Bonchev–Trinajstić information content (AvgIpc) is 3.08. The number of rotatable bonds is 7. The fourth-order valence-corrected chi connectivity index (χ4v) is 3.32. The van der Waals surface area contributed by atoms with Crippen LogP contribution >= 0.6 is 0 Å². The summed E-state index contributed by atoms with van der Waals surface area (Å²) in [5.41, 5.74) is 5.58. The van der Waals surface area contributed by atoms with Crippen LogP contribution in [0.4, 0.5) is 17.1 Å². The number of nitrogens with zero attached hydrogens (tertiary/aromatic N) is 3. The summed E-state index contributed by atoms with van der Waals surface area (Å²) in [6.45, 7) is 9.49. The second kappa shape index (κ2) is 13.1. The number of anilines is 3. The molecule has 3 heteroatoms. The van der Waals surface area contributed by atoms with E-state index >= 15 is 0 Å². The van der Waals surface area contributed by atoms with Crippen molar-refractivity contribution in [2.24, 2.45) is 5.92 Å². The van der Waals surface area contributed by atoms with Gasteiger partial charge in [-0.3, -0.25) is 0 Å². The van der Waals surface area contributed by atoms with Gasteiger partial charge in [-0.1, -0.05) is 69.7 Å². The smallest absolute Gasteiger partial charge is 0.128 e. The molecule has 1 unspecified atom stereocenters. The third kappa shape index (κ3) is 6.79. The summed E-state index contributed by atoms with van der Waals surface area (Å²) in [5, 5.41) is 9.40. The Bertz CT molecular complexity index is 1010. The zero-order valence-electron chi connectivity index (χ0n) is 20.1. The van der Waals surface area contributed by atoms with E-state index in [-0.39, 0.29) is 0 Å². The van der Waals surface area contributed by atoms with Crippen LogP contribution in [-0.2, 0) is 0 Å². The average molecular weight is 426 g/mol. The number of benzene rings is 2. The molecule has 2 aromatic rings. The SMILES string of the molecule is CCCC.CCCN(C1=CC(C#N)C#CC=C1)c1cc(C)ccc1N(C)c1ccccc1. The highest BCUT2D eigenvalue weighted by Crippen LogP contribution is 2.36. The van der Waals surface area contributed by atoms with E-state index in [2.05, 4.69) is 105 Å². The summed E-state index contributed by atoms with van der Waals surface area (Å²) in [7, 11) is 2.09. The molecule has 1 aliphatic carbocycles. The van der Waals surface area contributed by atoms with E-state index in [1.54, 1.807) is 0 Å². The maximum atomic E-state index is 9.40. The molecule has 0 saturated heterocycles. The molecule has 0 heterocycles. The monoisotopic (exact) mass is 425 g/mol. The molecule has 0 fully saturated rings. The van der Waals surface area contributed by atoms with Gasteiger partial charge in [0.05, 0.1) is 17.4 Å². The normalized spacial score (nSPS) is 14.0. The molecule has 0 N–H and O–H groups in total. The molecule has 166 valence electrons. The van der Waals surface area contributed by atoms with Crippen molar-refractivity contribution in [2.45, 2.75) is 47.0 Å². The summed E-state index contributed by atoms with van der Waals surface area (Å²) in [4.78, 5) is 4.49. The molecule has 0 amide bonds. The largest absolute Gasteiger partial charge is 0.343 e. The van der Waals surface area contributed by atoms with Crippen molar-refractivity contribution < 1.29 is 0 Å². The summed E-state index contributed by atoms with van der Waals surface area (Å²) < 4.78 is 0. The Kier molecular flexibility index (Phi) is 10.2. The maximum Gasteiger partial charge on any atom is 0.128 e. The van der Waals surface area contributed by atoms with Crippen molar-refractivity contribution in [3.63, 3.8) is 0 Å². The lowest BCUT2D eigenvalue weighted by Crippen LogP contribution is -2.25. The van der Waals surface area contributed by atoms with Crippen LogP contribution in [0.25, 0.3) is 0 Å². The van der Waals surface area contributed by atoms with Crippen molar-refractivity contribution in [1.29, 1.82) is 5.26 Å². The molecule has 0 radical (unpaired) electrons. The number of unbranched alkanes of at least 4 members (excludes halogenated alkanes) is 1. The highest BCUT2D eigenvalue weighted by atomic mass is 15.2. The Morgan fingerprint density at radius 3 is 2.31 bits per heavy atom. The highest BCUT2D eigenvalue weighted by molar-refractivity contribution is 5.79. The molecule has 3 nitrogen and oxygen atoms in total. The van der Waals surface area contributed by atoms with Gasteiger partial charge in [0.25, 0.3) is 0 Å². The fraction of sp³-hybridized carbons (Fsp3) is 0.345. The van der Waals surface area contributed by atoms with E-state index in [4.69, 9.17) is 0 Å². The Morgan fingerprint density at radius 2 is 1.69 bits per heavy atom. The van der Waals surface area contributed by atoms with Gasteiger partial charge in [0.2, 0.25) is 0 Å². The third-order valence-electron chi connectivity index (χ3n) is 5.24. The number of para-hydroxylation sites is 1. The van der Waals surface area contributed by atoms with Crippen LogP contribution in [0.15, 0.2) is 72.5 Å². The van der Waals surface area contributed by atoms with E-state index in [1.165, 1.54) is 18.4 Å². The van der Waals surface area contributed by atoms with Crippen molar-refractivity contribution in [3.05, 3.63) is 78.0 Å². The van der Waals surface area contributed by atoms with E-state index in [0.29, 0.717) is 0 Å². The van der Waals surface area contributed by atoms with Crippen molar-refractivity contribution in [2.75, 3.05) is 23.4 Å². The van der Waals surface area contributed by atoms with Gasteiger partial charge in [-0.15, -0.1) is 0 Å². The molecule has 0 saturated carbocycles. The minimum absolute atomic E-state index is 0.399. The number of nitriles is 1. The molecule has 1 aliphatic rings. The van der Waals surface area contributed by atoms with Gasteiger partial charge < -0.3 is 9.80 Å². The Labute approximate surface area is 194 Å². The minimum Gasteiger partial charge on any atom is -0.343 e. The van der Waals surface area contributed by atoms with E-state index in [9.17, 15) is 5.26 Å². The van der Waals surface area contributed by atoms with Gasteiger partial charge in [0.1, 0.15) is 5.92 Å². The van der Waals surface area contributed by atoms with E-state index in [0.717, 1.165) is 35.7 Å². The predicted molar refractivity (Wildman–Crippen MR) is 138 cm³/mol. The van der Waals surface area contributed by atoms with Crippen LogP contribution in [0.1, 0.15) is 45.6 Å². The lowest BCUT2D eigenvalue weighted by atomic mass is 10.1. The number of allylic oxidation sites excluding steroid dienone is 3. The highest BCUT2D eigenvalue weighted by Gasteiger charge is 2.18. The van der Waals surface area contributed by atoms with Crippen molar-refractivity contribution >= 4 is 17.1 Å². The molecule has 0 aromatic heterocycles. The topological polar surface area (TPSA) is 30.3 Å². The van der Waals surface area contributed by atoms with Crippen LogP contribution in [-0.4, -0.2) is 13.6 Å². The number of hydrogen-bond donors (Lipinski definition) is 0. The fourth-order valence-electron chi connectivity index (χ4n) is 3.32. The van der Waals surface area contributed by atoms with Gasteiger partial charge in [-0.25, -0.2) is 0 Å². The third-order valence-corrected chi connectivity index (χ3v) is 5.24. The zero-order valence-corrected chi connectivity index (χ0v) is 20.1. The van der Waals surface area contributed by atoms with Gasteiger partial charge >= 0.3 is 0 Å². The quantitative estimate of drug-likeness (QED) is 0.433. The molecule has 0 aliphatic heterocycles. The molecule has 32 heavy (non-hydrogen) atoms. The minimum atomic E-state index is -0.399. The van der Waals surface area contributed by atoms with Crippen molar-refractivity contribution in [3.8, 4) is 17.9 Å². The molecule has 2 aromatic carbocycles. The summed E-state index contributed by atoms with van der Waals surface area (Å²) >= 11 is 0. The molecule has 0 spiro atoms. The van der Waals surface area contributed by atoms with Crippen LogP contribution in [0.3, 0.4) is 0 Å². The van der Waals surface area contributed by atoms with Gasteiger partial charge in [0.15, 0.2) is 0 Å². The molecule has 1 atom stereocenters. The van der Waals surface area contributed by atoms with Crippen LogP contribution < -0.4 is 9.80 Å². The summed E-state index contributed by atoms with van der Waals surface area (Å²) in [5.74, 6) is 5.53. The second-order valence-corrected chi connectivity index (χ2v) is 7.86. The standard InChI is InChI=1S/C25H25N3.C4H10/c1-4-16-28(23-13-9-8-10-21(18-23)19-26)25-17-20(2)14-15-24(25)27(3)22-11-6-5-7-12-22;1-3-4-2/h5-7,9,11-15,17-18,21H,4,16H2,1-3H3;3-4H2,1-2H3. The van der Waals surface area contributed by atoms with E-state index in [1.807, 2.05) is 24.3 Å². The second-order valence-electron chi connectivity index (χ2n) is 7.86. The lowest BCUT2D eigenvalue weighted by Gasteiger charge is -2.32. The number of aryl methyl sites for hydroxylation is 1. The van der Waals surface area contributed by atoms with Crippen LogP contribution in [0.2, 0.25) is 0 Å². The summed E-state index contributed by atoms with van der Waals surface area (Å²) in [6, 6.07) is 19.1. The Balaban J connectivity index is 0.000000837. The Hall–Kier alpha value is -3.43. The first-order chi connectivity index (χ1) is 15.5. The lowest BCUT2D eigenvalue weighted by molar-refractivity contribution is 0.852. The van der Waals surface area contributed by atoms with Gasteiger partial charge in [-0.05, 0) is 61.4 Å².